The van der Waals surface area contributed by atoms with Crippen LogP contribution in [0.4, 0.5) is 8.78 Å². The number of carbonyl (C=O) groups excluding carboxylic acids is 1. The zero-order chi connectivity index (χ0) is 18.0. The van der Waals surface area contributed by atoms with E-state index in [2.05, 4.69) is 10.9 Å². The smallest absolute Gasteiger partial charge is 0.280 e. The Bertz CT molecular complexity index is 1080. The molecular formula is C18H12F2N2OS2. The SMILES string of the molecule is C#CCn1c(=NC(=O)c2ccccc2SC)sc2cc(F)cc(F)c21. The van der Waals surface area contributed by atoms with Crippen molar-refractivity contribution in [1.82, 2.24) is 4.57 Å². The summed E-state index contributed by atoms with van der Waals surface area (Å²) in [5.74, 6) is 0.532. The van der Waals surface area contributed by atoms with Gasteiger partial charge in [-0.25, -0.2) is 8.78 Å². The van der Waals surface area contributed by atoms with Crippen molar-refractivity contribution in [3.05, 3.63) is 58.4 Å². The third kappa shape index (κ3) is 3.36. The molecule has 2 aromatic carbocycles. The van der Waals surface area contributed by atoms with Crippen molar-refractivity contribution in [3.8, 4) is 12.3 Å². The Kier molecular flexibility index (Phi) is 5.02. The molecule has 7 heteroatoms. The molecule has 126 valence electrons. The zero-order valence-corrected chi connectivity index (χ0v) is 14.8. The van der Waals surface area contributed by atoms with E-state index in [1.165, 1.54) is 22.4 Å². The Hall–Kier alpha value is -2.43. The highest BCUT2D eigenvalue weighted by molar-refractivity contribution is 7.98. The monoisotopic (exact) mass is 374 g/mol. The van der Waals surface area contributed by atoms with Crippen LogP contribution in [0.3, 0.4) is 0 Å². The summed E-state index contributed by atoms with van der Waals surface area (Å²) >= 11 is 2.45. The minimum atomic E-state index is -0.736. The van der Waals surface area contributed by atoms with Crippen LogP contribution in [0.1, 0.15) is 10.4 Å². The first-order valence-electron chi connectivity index (χ1n) is 7.19. The van der Waals surface area contributed by atoms with E-state index >= 15 is 0 Å². The average molecular weight is 374 g/mol. The Balaban J connectivity index is 2.22. The summed E-state index contributed by atoms with van der Waals surface area (Å²) in [6, 6.07) is 9.07. The van der Waals surface area contributed by atoms with Crippen LogP contribution in [0.2, 0.25) is 0 Å². The second-order valence-electron chi connectivity index (χ2n) is 5.03. The summed E-state index contributed by atoms with van der Waals surface area (Å²) in [5.41, 5.74) is 0.598. The number of halogens is 2. The Morgan fingerprint density at radius 2 is 2.12 bits per heavy atom. The topological polar surface area (TPSA) is 34.4 Å². The van der Waals surface area contributed by atoms with Gasteiger partial charge in [-0.05, 0) is 24.5 Å². The van der Waals surface area contributed by atoms with Crippen LogP contribution >= 0.6 is 23.1 Å². The third-order valence-corrected chi connectivity index (χ3v) is 5.30. The van der Waals surface area contributed by atoms with Gasteiger partial charge in [-0.1, -0.05) is 29.4 Å². The highest BCUT2D eigenvalue weighted by atomic mass is 32.2. The van der Waals surface area contributed by atoms with E-state index in [-0.39, 0.29) is 16.9 Å². The lowest BCUT2D eigenvalue weighted by Gasteiger charge is -2.03. The summed E-state index contributed by atoms with van der Waals surface area (Å²) in [6.07, 6.45) is 7.22. The minimum absolute atomic E-state index is 0.0266. The van der Waals surface area contributed by atoms with Crippen LogP contribution in [0, 0.1) is 24.0 Å². The summed E-state index contributed by atoms with van der Waals surface area (Å²) in [5, 5.41) is 0. The van der Waals surface area contributed by atoms with E-state index in [9.17, 15) is 13.6 Å². The Labute approximate surface area is 151 Å². The van der Waals surface area contributed by atoms with Gasteiger partial charge in [0.1, 0.15) is 5.82 Å². The molecule has 1 aromatic heterocycles. The van der Waals surface area contributed by atoms with Gasteiger partial charge in [0.25, 0.3) is 5.91 Å². The van der Waals surface area contributed by atoms with Gasteiger partial charge in [-0.15, -0.1) is 18.2 Å². The molecule has 0 N–H and O–H groups in total. The van der Waals surface area contributed by atoms with Crippen molar-refractivity contribution in [2.75, 3.05) is 6.26 Å². The lowest BCUT2D eigenvalue weighted by atomic mass is 10.2. The van der Waals surface area contributed by atoms with E-state index in [1.807, 2.05) is 18.4 Å². The van der Waals surface area contributed by atoms with E-state index in [1.54, 1.807) is 12.1 Å². The molecule has 3 nitrogen and oxygen atoms in total. The van der Waals surface area contributed by atoms with Crippen LogP contribution in [0.25, 0.3) is 10.2 Å². The number of nitrogens with zero attached hydrogens (tertiary/aromatic N) is 2. The van der Waals surface area contributed by atoms with E-state index in [4.69, 9.17) is 6.42 Å². The lowest BCUT2D eigenvalue weighted by Crippen LogP contribution is -2.17. The molecule has 1 amide bonds. The molecule has 3 rings (SSSR count). The zero-order valence-electron chi connectivity index (χ0n) is 13.1. The third-order valence-electron chi connectivity index (χ3n) is 3.48. The first-order valence-corrected chi connectivity index (χ1v) is 9.23. The highest BCUT2D eigenvalue weighted by Gasteiger charge is 2.15. The molecule has 3 aromatic rings. The van der Waals surface area contributed by atoms with Gasteiger partial charge in [0.15, 0.2) is 10.6 Å². The van der Waals surface area contributed by atoms with Crippen molar-refractivity contribution in [3.63, 3.8) is 0 Å². The maximum atomic E-state index is 14.2. The molecular weight excluding hydrogens is 362 g/mol. The first-order chi connectivity index (χ1) is 12.0. The summed E-state index contributed by atoms with van der Waals surface area (Å²) in [4.78, 5) is 17.7. The maximum Gasteiger partial charge on any atom is 0.280 e. The summed E-state index contributed by atoms with van der Waals surface area (Å²) in [7, 11) is 0. The minimum Gasteiger partial charge on any atom is -0.302 e. The molecule has 0 aliphatic rings. The van der Waals surface area contributed by atoms with E-state index in [0.717, 1.165) is 22.3 Å². The van der Waals surface area contributed by atoms with Crippen LogP contribution in [0.15, 0.2) is 46.3 Å². The van der Waals surface area contributed by atoms with Crippen molar-refractivity contribution < 1.29 is 13.6 Å². The van der Waals surface area contributed by atoms with Gasteiger partial charge in [-0.2, -0.15) is 4.99 Å². The normalized spacial score (nSPS) is 11.7. The van der Waals surface area contributed by atoms with Crippen LogP contribution in [-0.2, 0) is 6.54 Å². The second kappa shape index (κ2) is 7.21. The Morgan fingerprint density at radius 3 is 2.84 bits per heavy atom. The first kappa shape index (κ1) is 17.4. The number of amides is 1. The number of fused-ring (bicyclic) bond motifs is 1. The van der Waals surface area contributed by atoms with Gasteiger partial charge in [0.2, 0.25) is 0 Å². The molecule has 1 heterocycles. The number of terminal acetylenes is 1. The fourth-order valence-electron chi connectivity index (χ4n) is 2.42. The molecule has 0 radical (unpaired) electrons. The molecule has 0 unspecified atom stereocenters. The van der Waals surface area contributed by atoms with E-state index in [0.29, 0.717) is 10.3 Å². The summed E-state index contributed by atoms with van der Waals surface area (Å²) < 4.78 is 29.4. The fourth-order valence-corrected chi connectivity index (χ4v) is 4.08. The number of carbonyl (C=O) groups is 1. The molecule has 0 saturated carbocycles. The Morgan fingerprint density at radius 1 is 1.36 bits per heavy atom. The van der Waals surface area contributed by atoms with Gasteiger partial charge in [-0.3, -0.25) is 4.79 Å². The van der Waals surface area contributed by atoms with E-state index < -0.39 is 17.5 Å². The predicted octanol–water partition coefficient (Wildman–Crippen LogP) is 4.08. The molecule has 0 aliphatic heterocycles. The molecule has 0 aliphatic carbocycles. The van der Waals surface area contributed by atoms with Crippen molar-refractivity contribution in [1.29, 1.82) is 0 Å². The molecule has 0 spiro atoms. The van der Waals surface area contributed by atoms with Gasteiger partial charge >= 0.3 is 0 Å². The number of thioether (sulfide) groups is 1. The molecule has 0 saturated heterocycles. The number of benzene rings is 2. The van der Waals surface area contributed by atoms with Gasteiger partial charge in [0.05, 0.1) is 22.3 Å². The lowest BCUT2D eigenvalue weighted by molar-refractivity contribution is 0.0995. The highest BCUT2D eigenvalue weighted by Crippen LogP contribution is 2.23. The second-order valence-corrected chi connectivity index (χ2v) is 6.88. The van der Waals surface area contributed by atoms with Crippen LogP contribution < -0.4 is 4.80 Å². The number of aromatic nitrogens is 1. The van der Waals surface area contributed by atoms with Crippen molar-refractivity contribution in [2.24, 2.45) is 4.99 Å². The average Bonchev–Trinajstić information content (AvgIpc) is 2.92. The van der Waals surface area contributed by atoms with Gasteiger partial charge in [0, 0.05) is 11.0 Å². The maximum absolute atomic E-state index is 14.2. The largest absolute Gasteiger partial charge is 0.302 e. The standard InChI is InChI=1S/C18H12F2N2OS2/c1-3-8-22-16-13(20)9-11(19)10-15(16)25-18(22)21-17(23)12-6-4-5-7-14(12)24-2/h1,4-7,9-10H,8H2,2H3. The number of rotatable bonds is 3. The molecule has 0 fully saturated rings. The number of thiazole rings is 1. The number of hydrogen-bond acceptors (Lipinski definition) is 3. The molecule has 0 bridgehead atoms. The molecule has 0 atom stereocenters. The van der Waals surface area contributed by atoms with Crippen LogP contribution in [0.5, 0.6) is 0 Å². The van der Waals surface area contributed by atoms with Crippen molar-refractivity contribution >= 4 is 39.2 Å². The quantitative estimate of drug-likeness (QED) is 0.511. The fraction of sp³-hybridized carbons (Fsp3) is 0.111. The summed E-state index contributed by atoms with van der Waals surface area (Å²) in [6.45, 7) is 0.0266. The predicted molar refractivity (Wildman–Crippen MR) is 96.7 cm³/mol. The van der Waals surface area contributed by atoms with Crippen LogP contribution in [-0.4, -0.2) is 16.7 Å². The molecule has 25 heavy (non-hydrogen) atoms. The van der Waals surface area contributed by atoms with Crippen molar-refractivity contribution in [2.45, 2.75) is 11.4 Å². The number of hydrogen-bond donors (Lipinski definition) is 0. The van der Waals surface area contributed by atoms with Gasteiger partial charge < -0.3 is 4.57 Å².